The van der Waals surface area contributed by atoms with Gasteiger partial charge in [-0.1, -0.05) is 23.2 Å². The lowest BCUT2D eigenvalue weighted by molar-refractivity contribution is -0.139. The summed E-state index contributed by atoms with van der Waals surface area (Å²) >= 11 is 1.06. The number of carbonyl (C=O) groups excluding carboxylic acids is 1. The number of aromatic nitrogens is 1. The summed E-state index contributed by atoms with van der Waals surface area (Å²) in [5.74, 6) is 3.80. The van der Waals surface area contributed by atoms with Crippen molar-refractivity contribution in [1.82, 2.24) is 4.98 Å². The minimum absolute atomic E-state index is 0.129. The number of nitrogens with two attached hydrogens (primary N) is 1. The van der Waals surface area contributed by atoms with Gasteiger partial charge in [-0.05, 0) is 6.92 Å². The number of esters is 1. The van der Waals surface area contributed by atoms with Crippen LogP contribution in [-0.4, -0.2) is 38.3 Å². The Labute approximate surface area is 115 Å². The molecule has 9 heteroatoms. The SMILES string of the molecule is CCOC(=O)CS(=O)(=O)Nc1ncc(C#CCN)s1. The topological polar surface area (TPSA) is 111 Å². The molecule has 0 spiro atoms. The Balaban J connectivity index is 2.68. The molecule has 0 saturated heterocycles. The van der Waals surface area contributed by atoms with Gasteiger partial charge in [-0.15, -0.1) is 0 Å². The average molecular weight is 303 g/mol. The number of nitrogens with one attached hydrogen (secondary N) is 1. The second-order valence-electron chi connectivity index (χ2n) is 3.20. The lowest BCUT2D eigenvalue weighted by Crippen LogP contribution is -2.24. The van der Waals surface area contributed by atoms with Gasteiger partial charge in [0.15, 0.2) is 10.9 Å². The molecule has 1 aromatic heterocycles. The molecule has 0 aliphatic heterocycles. The maximum Gasteiger partial charge on any atom is 0.323 e. The zero-order valence-electron chi connectivity index (χ0n) is 10.2. The predicted molar refractivity (Wildman–Crippen MR) is 72.1 cm³/mol. The Morgan fingerprint density at radius 1 is 1.63 bits per heavy atom. The molecule has 0 aliphatic carbocycles. The minimum atomic E-state index is -3.81. The Morgan fingerprint density at radius 3 is 3.00 bits per heavy atom. The Morgan fingerprint density at radius 2 is 2.37 bits per heavy atom. The molecule has 1 rings (SSSR count). The van der Waals surface area contributed by atoms with E-state index in [1.54, 1.807) is 6.92 Å². The molecular weight excluding hydrogens is 290 g/mol. The van der Waals surface area contributed by atoms with Crippen LogP contribution in [0.3, 0.4) is 0 Å². The average Bonchev–Trinajstić information content (AvgIpc) is 2.72. The van der Waals surface area contributed by atoms with E-state index in [2.05, 4.69) is 26.3 Å². The number of carbonyl (C=O) groups is 1. The molecule has 104 valence electrons. The highest BCUT2D eigenvalue weighted by molar-refractivity contribution is 7.93. The van der Waals surface area contributed by atoms with Gasteiger partial charge in [-0.25, -0.2) is 13.4 Å². The van der Waals surface area contributed by atoms with Gasteiger partial charge >= 0.3 is 5.97 Å². The normalized spacial score (nSPS) is 10.4. The molecule has 1 heterocycles. The molecule has 3 N–H and O–H groups in total. The number of nitrogens with zero attached hydrogens (tertiary/aromatic N) is 1. The van der Waals surface area contributed by atoms with Crippen molar-refractivity contribution < 1.29 is 17.9 Å². The van der Waals surface area contributed by atoms with Crippen molar-refractivity contribution in [2.24, 2.45) is 5.73 Å². The second-order valence-corrected chi connectivity index (χ2v) is 5.95. The number of sulfonamides is 1. The van der Waals surface area contributed by atoms with Crippen molar-refractivity contribution in [2.45, 2.75) is 6.92 Å². The summed E-state index contributed by atoms with van der Waals surface area (Å²) < 4.78 is 30.0. The summed E-state index contributed by atoms with van der Waals surface area (Å²) in [7, 11) is -3.81. The van der Waals surface area contributed by atoms with E-state index in [1.807, 2.05) is 0 Å². The number of hydrogen-bond donors (Lipinski definition) is 2. The number of ether oxygens (including phenoxy) is 1. The van der Waals surface area contributed by atoms with Gasteiger partial charge in [-0.3, -0.25) is 9.52 Å². The van der Waals surface area contributed by atoms with Crippen LogP contribution in [0.4, 0.5) is 5.13 Å². The van der Waals surface area contributed by atoms with E-state index < -0.39 is 21.7 Å². The first-order valence-electron chi connectivity index (χ1n) is 5.27. The third-order valence-electron chi connectivity index (χ3n) is 1.68. The van der Waals surface area contributed by atoms with E-state index in [0.717, 1.165) is 11.3 Å². The van der Waals surface area contributed by atoms with Gasteiger partial charge in [0.25, 0.3) is 0 Å². The zero-order chi connectivity index (χ0) is 14.3. The van der Waals surface area contributed by atoms with Crippen LogP contribution in [0.1, 0.15) is 11.8 Å². The molecule has 0 unspecified atom stereocenters. The molecular formula is C10H13N3O4S2. The van der Waals surface area contributed by atoms with E-state index >= 15 is 0 Å². The monoisotopic (exact) mass is 303 g/mol. The Hall–Kier alpha value is -1.63. The van der Waals surface area contributed by atoms with Crippen molar-refractivity contribution in [3.63, 3.8) is 0 Å². The van der Waals surface area contributed by atoms with E-state index in [4.69, 9.17) is 5.73 Å². The highest BCUT2D eigenvalue weighted by atomic mass is 32.2. The van der Waals surface area contributed by atoms with Crippen molar-refractivity contribution in [3.05, 3.63) is 11.1 Å². The predicted octanol–water partition coefficient (Wildman–Crippen LogP) is -0.242. The van der Waals surface area contributed by atoms with Crippen LogP contribution in [0.25, 0.3) is 0 Å². The van der Waals surface area contributed by atoms with Gasteiger partial charge in [0.1, 0.15) is 0 Å². The van der Waals surface area contributed by atoms with Crippen LogP contribution < -0.4 is 10.5 Å². The third kappa shape index (κ3) is 5.69. The summed E-state index contributed by atoms with van der Waals surface area (Å²) in [6.07, 6.45) is 1.43. The number of anilines is 1. The largest absolute Gasteiger partial charge is 0.465 e. The fourth-order valence-corrected chi connectivity index (χ4v) is 2.92. The van der Waals surface area contributed by atoms with Gasteiger partial charge < -0.3 is 10.5 Å². The van der Waals surface area contributed by atoms with Crippen molar-refractivity contribution in [2.75, 3.05) is 23.6 Å². The highest BCUT2D eigenvalue weighted by Crippen LogP contribution is 2.18. The third-order valence-corrected chi connectivity index (χ3v) is 3.75. The van der Waals surface area contributed by atoms with Crippen LogP contribution in [0.5, 0.6) is 0 Å². The molecule has 0 amide bonds. The summed E-state index contributed by atoms with van der Waals surface area (Å²) in [4.78, 5) is 15.5. The lowest BCUT2D eigenvalue weighted by atomic mass is 10.5. The molecule has 0 atom stereocenters. The van der Waals surface area contributed by atoms with E-state index in [9.17, 15) is 13.2 Å². The molecule has 19 heavy (non-hydrogen) atoms. The standard InChI is InChI=1S/C10H13N3O4S2/c1-2-17-9(14)7-19(15,16)13-10-12-6-8(18-10)4-3-5-11/h6H,2,5,7,11H2,1H3,(H,12,13). The van der Waals surface area contributed by atoms with Gasteiger partial charge in [-0.2, -0.15) is 0 Å². The lowest BCUT2D eigenvalue weighted by Gasteiger charge is -2.04. The number of rotatable bonds is 5. The summed E-state index contributed by atoms with van der Waals surface area (Å²) in [6, 6.07) is 0. The van der Waals surface area contributed by atoms with E-state index in [-0.39, 0.29) is 18.3 Å². The summed E-state index contributed by atoms with van der Waals surface area (Å²) in [5, 5.41) is 0.144. The smallest absolute Gasteiger partial charge is 0.323 e. The fourth-order valence-electron chi connectivity index (χ4n) is 1.04. The molecule has 0 aromatic carbocycles. The van der Waals surface area contributed by atoms with Crippen LogP contribution in [0, 0.1) is 11.8 Å². The summed E-state index contributed by atoms with van der Waals surface area (Å²) in [6.45, 7) is 1.94. The quantitative estimate of drug-likeness (QED) is 0.573. The summed E-state index contributed by atoms with van der Waals surface area (Å²) in [5.41, 5.74) is 5.22. The van der Waals surface area contributed by atoms with Gasteiger partial charge in [0, 0.05) is 0 Å². The van der Waals surface area contributed by atoms with Crippen LogP contribution in [0.15, 0.2) is 6.20 Å². The second kappa shape index (κ2) is 7.08. The minimum Gasteiger partial charge on any atom is -0.465 e. The first kappa shape index (κ1) is 15.4. The van der Waals surface area contributed by atoms with Crippen LogP contribution in [0.2, 0.25) is 0 Å². The molecule has 0 fully saturated rings. The van der Waals surface area contributed by atoms with Crippen molar-refractivity contribution >= 4 is 32.5 Å². The molecule has 0 aliphatic rings. The maximum absolute atomic E-state index is 11.6. The Kier molecular flexibility index (Phi) is 5.75. The molecule has 0 saturated carbocycles. The van der Waals surface area contributed by atoms with Gasteiger partial charge in [0.05, 0.1) is 24.2 Å². The molecule has 7 nitrogen and oxygen atoms in total. The first-order chi connectivity index (χ1) is 8.96. The zero-order valence-corrected chi connectivity index (χ0v) is 11.8. The molecule has 0 bridgehead atoms. The number of thiazole rings is 1. The Bertz CT molecular complexity index is 598. The van der Waals surface area contributed by atoms with Gasteiger partial charge in [0.2, 0.25) is 10.0 Å². The van der Waals surface area contributed by atoms with Crippen molar-refractivity contribution in [1.29, 1.82) is 0 Å². The van der Waals surface area contributed by atoms with Crippen LogP contribution in [-0.2, 0) is 19.6 Å². The van der Waals surface area contributed by atoms with E-state index in [1.165, 1.54) is 6.20 Å². The van der Waals surface area contributed by atoms with Crippen molar-refractivity contribution in [3.8, 4) is 11.8 Å². The van der Waals surface area contributed by atoms with Crippen LogP contribution >= 0.6 is 11.3 Å². The first-order valence-corrected chi connectivity index (χ1v) is 7.74. The maximum atomic E-state index is 11.6. The molecule has 1 aromatic rings. The highest BCUT2D eigenvalue weighted by Gasteiger charge is 2.18. The van der Waals surface area contributed by atoms with E-state index in [0.29, 0.717) is 4.88 Å². The number of hydrogen-bond acceptors (Lipinski definition) is 7. The molecule has 0 radical (unpaired) electrons. The fraction of sp³-hybridized carbons (Fsp3) is 0.400.